The molecule has 1 N–H and O–H groups in total. The van der Waals surface area contributed by atoms with Gasteiger partial charge in [-0.3, -0.25) is 4.79 Å². The average molecular weight is 219 g/mol. The molecule has 0 spiro atoms. The molecule has 1 saturated heterocycles. The first-order valence-electron chi connectivity index (χ1n) is 3.75. The Hall–Kier alpha value is -0.810. The second kappa shape index (κ2) is 3.16. The minimum atomic E-state index is -0.737. The van der Waals surface area contributed by atoms with Gasteiger partial charge in [0.05, 0.1) is 5.92 Å². The summed E-state index contributed by atoms with van der Waals surface area (Å²) in [5.41, 5.74) is 0. The van der Waals surface area contributed by atoms with E-state index in [2.05, 4.69) is 4.98 Å². The normalized spacial score (nSPS) is 17.2. The van der Waals surface area contributed by atoms with Crippen LogP contribution in [0.25, 0.3) is 0 Å². The van der Waals surface area contributed by atoms with Crippen molar-refractivity contribution < 1.29 is 9.90 Å². The Morgan fingerprint density at radius 2 is 2.46 bits per heavy atom. The Morgan fingerprint density at radius 1 is 1.77 bits per heavy atom. The van der Waals surface area contributed by atoms with Crippen molar-refractivity contribution in [2.75, 3.05) is 18.0 Å². The maximum Gasteiger partial charge on any atom is 0.310 e. The molecular weight excluding hydrogens is 212 g/mol. The van der Waals surface area contributed by atoms with Gasteiger partial charge in [0.15, 0.2) is 5.13 Å². The number of anilines is 1. The molecule has 1 aromatic rings. The maximum absolute atomic E-state index is 10.5. The molecule has 2 rings (SSSR count). The number of hydrogen-bond donors (Lipinski definition) is 1. The first-order valence-corrected chi connectivity index (χ1v) is 5.01. The monoisotopic (exact) mass is 218 g/mol. The third-order valence-corrected chi connectivity index (χ3v) is 3.19. The number of nitrogens with zero attached hydrogens (tertiary/aromatic N) is 2. The lowest BCUT2D eigenvalue weighted by Gasteiger charge is -2.36. The first-order chi connectivity index (χ1) is 6.16. The Morgan fingerprint density at radius 3 is 2.92 bits per heavy atom. The molecule has 13 heavy (non-hydrogen) atoms. The molecule has 1 aromatic heterocycles. The van der Waals surface area contributed by atoms with Gasteiger partial charge in [-0.2, -0.15) is 0 Å². The van der Waals surface area contributed by atoms with Gasteiger partial charge >= 0.3 is 5.97 Å². The van der Waals surface area contributed by atoms with E-state index < -0.39 is 5.97 Å². The summed E-state index contributed by atoms with van der Waals surface area (Å²) in [4.78, 5) is 16.4. The fourth-order valence-electron chi connectivity index (χ4n) is 1.18. The summed E-state index contributed by atoms with van der Waals surface area (Å²) in [6.07, 6.45) is 0. The van der Waals surface area contributed by atoms with Crippen molar-refractivity contribution in [2.45, 2.75) is 0 Å². The van der Waals surface area contributed by atoms with Gasteiger partial charge in [-0.25, -0.2) is 4.98 Å². The SMILES string of the molecule is O=C(O)C1CN(c2nc(Cl)cs2)C1. The third-order valence-electron chi connectivity index (χ3n) is 1.97. The van der Waals surface area contributed by atoms with Crippen molar-refractivity contribution in [2.24, 2.45) is 5.92 Å². The maximum atomic E-state index is 10.5. The van der Waals surface area contributed by atoms with E-state index in [1.807, 2.05) is 4.90 Å². The molecule has 70 valence electrons. The topological polar surface area (TPSA) is 53.4 Å². The Bertz CT molecular complexity index is 335. The highest BCUT2D eigenvalue weighted by atomic mass is 35.5. The summed E-state index contributed by atoms with van der Waals surface area (Å²) in [5.74, 6) is -0.985. The van der Waals surface area contributed by atoms with Crippen LogP contribution in [0.1, 0.15) is 0 Å². The molecule has 0 radical (unpaired) electrons. The molecule has 0 unspecified atom stereocenters. The van der Waals surface area contributed by atoms with Crippen LogP contribution in [0, 0.1) is 5.92 Å². The number of halogens is 1. The highest BCUT2D eigenvalue weighted by Crippen LogP contribution is 2.29. The van der Waals surface area contributed by atoms with E-state index in [-0.39, 0.29) is 5.92 Å². The predicted molar refractivity (Wildman–Crippen MR) is 50.5 cm³/mol. The third kappa shape index (κ3) is 1.62. The number of aliphatic carboxylic acids is 1. The first kappa shape index (κ1) is 8.77. The van der Waals surface area contributed by atoms with Crippen LogP contribution in [-0.2, 0) is 4.79 Å². The molecule has 6 heteroatoms. The standard InChI is InChI=1S/C7H7ClN2O2S/c8-5-3-13-7(9-5)10-1-4(2-10)6(11)12/h3-4H,1-2H2,(H,11,12). The fraction of sp³-hybridized carbons (Fsp3) is 0.429. The van der Waals surface area contributed by atoms with Crippen molar-refractivity contribution in [3.8, 4) is 0 Å². The fourth-order valence-corrected chi connectivity index (χ4v) is 2.15. The number of carbonyl (C=O) groups is 1. The zero-order valence-corrected chi connectivity index (χ0v) is 8.18. The van der Waals surface area contributed by atoms with Crippen molar-refractivity contribution in [1.82, 2.24) is 4.98 Å². The van der Waals surface area contributed by atoms with Gasteiger partial charge in [0.1, 0.15) is 5.15 Å². The van der Waals surface area contributed by atoms with Crippen LogP contribution in [0.15, 0.2) is 5.38 Å². The van der Waals surface area contributed by atoms with Crippen molar-refractivity contribution in [1.29, 1.82) is 0 Å². The van der Waals surface area contributed by atoms with Crippen LogP contribution in [0.2, 0.25) is 5.15 Å². The molecule has 2 heterocycles. The van der Waals surface area contributed by atoms with Crippen LogP contribution in [0.3, 0.4) is 0 Å². The second-order valence-electron chi connectivity index (χ2n) is 2.89. The highest BCUT2D eigenvalue weighted by molar-refractivity contribution is 7.14. The minimum absolute atomic E-state index is 0.248. The smallest absolute Gasteiger partial charge is 0.310 e. The van der Waals surface area contributed by atoms with Crippen LogP contribution >= 0.6 is 22.9 Å². The summed E-state index contributed by atoms with van der Waals surface area (Å²) in [7, 11) is 0. The van der Waals surface area contributed by atoms with Gasteiger partial charge in [0.25, 0.3) is 0 Å². The zero-order valence-electron chi connectivity index (χ0n) is 6.61. The Kier molecular flexibility index (Phi) is 2.13. The lowest BCUT2D eigenvalue weighted by atomic mass is 10.0. The number of aromatic nitrogens is 1. The van der Waals surface area contributed by atoms with Crippen LogP contribution in [0.4, 0.5) is 5.13 Å². The summed E-state index contributed by atoms with van der Waals surface area (Å²) >= 11 is 7.08. The van der Waals surface area contributed by atoms with Gasteiger partial charge in [-0.1, -0.05) is 11.6 Å². The lowest BCUT2D eigenvalue weighted by Crippen LogP contribution is -2.50. The van der Waals surface area contributed by atoms with E-state index in [0.29, 0.717) is 18.2 Å². The zero-order chi connectivity index (χ0) is 9.42. The van der Waals surface area contributed by atoms with Gasteiger partial charge in [-0.05, 0) is 0 Å². The van der Waals surface area contributed by atoms with E-state index in [9.17, 15) is 4.79 Å². The summed E-state index contributed by atoms with van der Waals surface area (Å²) < 4.78 is 0. The Balaban J connectivity index is 1.97. The van der Waals surface area contributed by atoms with Gasteiger partial charge in [0, 0.05) is 18.5 Å². The molecular formula is C7H7ClN2O2S. The second-order valence-corrected chi connectivity index (χ2v) is 4.12. The molecule has 0 aromatic carbocycles. The van der Waals surface area contributed by atoms with Crippen molar-refractivity contribution in [3.05, 3.63) is 10.5 Å². The van der Waals surface area contributed by atoms with E-state index in [4.69, 9.17) is 16.7 Å². The van der Waals surface area contributed by atoms with Crippen molar-refractivity contribution in [3.63, 3.8) is 0 Å². The van der Waals surface area contributed by atoms with E-state index in [0.717, 1.165) is 5.13 Å². The minimum Gasteiger partial charge on any atom is -0.481 e. The van der Waals surface area contributed by atoms with Gasteiger partial charge in [-0.15, -0.1) is 11.3 Å². The summed E-state index contributed by atoms with van der Waals surface area (Å²) in [6, 6.07) is 0. The number of hydrogen-bond acceptors (Lipinski definition) is 4. The molecule has 0 saturated carbocycles. The van der Waals surface area contributed by atoms with Gasteiger partial charge < -0.3 is 10.0 Å². The number of thiazole rings is 1. The number of carboxylic acid groups (broad SMARTS) is 1. The highest BCUT2D eigenvalue weighted by Gasteiger charge is 2.33. The number of carboxylic acids is 1. The van der Waals surface area contributed by atoms with Crippen LogP contribution in [0.5, 0.6) is 0 Å². The van der Waals surface area contributed by atoms with Crippen LogP contribution < -0.4 is 4.90 Å². The van der Waals surface area contributed by atoms with Gasteiger partial charge in [0.2, 0.25) is 0 Å². The molecule has 0 atom stereocenters. The quantitative estimate of drug-likeness (QED) is 0.814. The summed E-state index contributed by atoms with van der Waals surface area (Å²) in [6.45, 7) is 1.08. The predicted octanol–water partition coefficient (Wildman–Crippen LogP) is 1.32. The summed E-state index contributed by atoms with van der Waals surface area (Å²) in [5, 5.41) is 11.7. The average Bonchev–Trinajstić information content (AvgIpc) is 2.31. The van der Waals surface area contributed by atoms with Crippen LogP contribution in [-0.4, -0.2) is 29.1 Å². The van der Waals surface area contributed by atoms with Crippen molar-refractivity contribution >= 4 is 34.0 Å². The molecule has 4 nitrogen and oxygen atoms in total. The molecule has 1 fully saturated rings. The van der Waals surface area contributed by atoms with E-state index in [1.54, 1.807) is 5.38 Å². The van der Waals surface area contributed by atoms with E-state index in [1.165, 1.54) is 11.3 Å². The lowest BCUT2D eigenvalue weighted by molar-refractivity contribution is -0.142. The Labute approximate surface area is 83.8 Å². The molecule has 0 aliphatic carbocycles. The molecule has 0 amide bonds. The van der Waals surface area contributed by atoms with E-state index >= 15 is 0 Å². The molecule has 0 bridgehead atoms. The molecule has 1 aliphatic heterocycles. The largest absolute Gasteiger partial charge is 0.481 e. The molecule has 1 aliphatic rings. The number of rotatable bonds is 2.